The Morgan fingerprint density at radius 1 is 1.19 bits per heavy atom. The van der Waals surface area contributed by atoms with Gasteiger partial charge in [0.15, 0.2) is 0 Å². The Bertz CT molecular complexity index is 1140. The number of hydrogen-bond acceptors (Lipinski definition) is 4. The van der Waals surface area contributed by atoms with E-state index in [1.165, 1.54) is 34.1 Å². The number of thiophene rings is 1. The maximum Gasteiger partial charge on any atom is 0.356 e. The zero-order valence-corrected chi connectivity index (χ0v) is 16.3. The number of benzene rings is 1. The quantitative estimate of drug-likeness (QED) is 0.493. The number of aryl methyl sites for hydroxylation is 2. The fourth-order valence-electron chi connectivity index (χ4n) is 3.35. The number of nitrogens with one attached hydrogen (secondary N) is 1. The number of nitrogens with zero attached hydrogens (tertiary/aromatic N) is 1. The summed E-state index contributed by atoms with van der Waals surface area (Å²) in [7, 11) is 1.37. The fourth-order valence-corrected chi connectivity index (χ4v) is 4.05. The Kier molecular flexibility index (Phi) is 4.54. The minimum Gasteiger partial charge on any atom is -0.464 e. The molecule has 3 aromatic heterocycles. The Hall–Kier alpha value is -2.92. The van der Waals surface area contributed by atoms with Crippen molar-refractivity contribution in [1.29, 1.82) is 0 Å². The van der Waals surface area contributed by atoms with E-state index in [1.807, 2.05) is 12.1 Å². The fraction of sp³-hybridized carbons (Fsp3) is 0.182. The highest BCUT2D eigenvalue weighted by Crippen LogP contribution is 2.34. The van der Waals surface area contributed by atoms with Gasteiger partial charge in [0.05, 0.1) is 12.8 Å². The maximum absolute atomic E-state index is 11.8. The van der Waals surface area contributed by atoms with Crippen molar-refractivity contribution in [3.63, 3.8) is 0 Å². The third-order valence-electron chi connectivity index (χ3n) is 4.64. The van der Waals surface area contributed by atoms with Gasteiger partial charge >= 0.3 is 5.97 Å². The van der Waals surface area contributed by atoms with Crippen LogP contribution in [0.2, 0.25) is 0 Å². The number of H-pyrrole nitrogens is 1. The van der Waals surface area contributed by atoms with E-state index in [0.29, 0.717) is 12.1 Å². The van der Waals surface area contributed by atoms with Gasteiger partial charge in [0, 0.05) is 38.8 Å². The van der Waals surface area contributed by atoms with Gasteiger partial charge in [-0.15, -0.1) is 11.3 Å². The molecule has 0 fully saturated rings. The number of carbonyl (C=O) groups excluding carboxylic acids is 1. The van der Waals surface area contributed by atoms with Gasteiger partial charge in [0.25, 0.3) is 0 Å². The molecule has 0 spiro atoms. The van der Waals surface area contributed by atoms with Crippen molar-refractivity contribution in [2.75, 3.05) is 7.11 Å². The molecule has 0 bridgehead atoms. The molecule has 1 N–H and O–H groups in total. The number of aromatic amines is 1. The first kappa shape index (κ1) is 17.5. The molecule has 4 aromatic rings. The zero-order valence-electron chi connectivity index (χ0n) is 15.5. The number of methoxy groups -OCH3 is 1. The molecule has 3 heterocycles. The minimum absolute atomic E-state index is 0.332. The Morgan fingerprint density at radius 2 is 2.04 bits per heavy atom. The summed E-state index contributed by atoms with van der Waals surface area (Å²) in [5.74, 6) is -0.417. The predicted octanol–water partition coefficient (Wildman–Crippen LogP) is 5.29. The molecule has 5 heteroatoms. The SMILES string of the molecule is COC(=O)c1cccc(Cc2c(-c3csc(C)c3)[nH]c3cc(C)ccc23)n1. The Labute approximate surface area is 161 Å². The van der Waals surface area contributed by atoms with Crippen molar-refractivity contribution in [2.45, 2.75) is 20.3 Å². The van der Waals surface area contributed by atoms with E-state index in [9.17, 15) is 4.79 Å². The van der Waals surface area contributed by atoms with Gasteiger partial charge < -0.3 is 9.72 Å². The molecule has 27 heavy (non-hydrogen) atoms. The van der Waals surface area contributed by atoms with E-state index in [-0.39, 0.29) is 0 Å². The molecule has 4 rings (SSSR count). The molecule has 0 saturated carbocycles. The smallest absolute Gasteiger partial charge is 0.356 e. The molecule has 0 aliphatic heterocycles. The first-order valence-electron chi connectivity index (χ1n) is 8.76. The third-order valence-corrected chi connectivity index (χ3v) is 5.50. The number of hydrogen-bond donors (Lipinski definition) is 1. The summed E-state index contributed by atoms with van der Waals surface area (Å²) in [5, 5.41) is 3.36. The standard InChI is InChI=1S/C22H20N2O2S/c1-13-7-8-17-18(11-16-5-4-6-19(23-16)22(25)26-3)21(24-20(17)9-13)15-10-14(2)27-12-15/h4-10,12,24H,11H2,1-3H3. The lowest BCUT2D eigenvalue weighted by atomic mass is 10.0. The lowest BCUT2D eigenvalue weighted by molar-refractivity contribution is 0.0593. The van der Waals surface area contributed by atoms with E-state index in [2.05, 4.69) is 53.5 Å². The first-order valence-corrected chi connectivity index (χ1v) is 9.64. The van der Waals surface area contributed by atoms with Crippen molar-refractivity contribution in [3.8, 4) is 11.3 Å². The monoisotopic (exact) mass is 376 g/mol. The van der Waals surface area contributed by atoms with Crippen LogP contribution in [-0.2, 0) is 11.2 Å². The largest absolute Gasteiger partial charge is 0.464 e. The zero-order chi connectivity index (χ0) is 19.0. The van der Waals surface area contributed by atoms with Crippen LogP contribution in [0.4, 0.5) is 0 Å². The van der Waals surface area contributed by atoms with Crippen molar-refractivity contribution in [1.82, 2.24) is 9.97 Å². The van der Waals surface area contributed by atoms with Gasteiger partial charge in [-0.1, -0.05) is 18.2 Å². The molecule has 0 atom stereocenters. The molecular formula is C22H20N2O2S. The number of ether oxygens (including phenoxy) is 1. The molecule has 0 aliphatic carbocycles. The Balaban J connectivity index is 1.84. The second kappa shape index (κ2) is 7.00. The van der Waals surface area contributed by atoms with Crippen LogP contribution in [0.1, 0.15) is 32.2 Å². The van der Waals surface area contributed by atoms with Crippen molar-refractivity contribution < 1.29 is 9.53 Å². The van der Waals surface area contributed by atoms with Gasteiger partial charge in [-0.05, 0) is 49.2 Å². The molecular weight excluding hydrogens is 356 g/mol. The van der Waals surface area contributed by atoms with Crippen LogP contribution in [0.3, 0.4) is 0 Å². The predicted molar refractivity (Wildman–Crippen MR) is 109 cm³/mol. The van der Waals surface area contributed by atoms with Crippen LogP contribution in [0.15, 0.2) is 47.8 Å². The summed E-state index contributed by atoms with van der Waals surface area (Å²) < 4.78 is 4.80. The lowest BCUT2D eigenvalue weighted by Gasteiger charge is -2.06. The summed E-state index contributed by atoms with van der Waals surface area (Å²) >= 11 is 1.74. The second-order valence-corrected chi connectivity index (χ2v) is 7.77. The molecule has 1 aromatic carbocycles. The first-order chi connectivity index (χ1) is 13.0. The van der Waals surface area contributed by atoms with E-state index < -0.39 is 5.97 Å². The van der Waals surface area contributed by atoms with E-state index in [1.54, 1.807) is 17.4 Å². The minimum atomic E-state index is -0.417. The number of rotatable bonds is 4. The maximum atomic E-state index is 11.8. The van der Waals surface area contributed by atoms with Gasteiger partial charge in [0.1, 0.15) is 5.69 Å². The molecule has 0 unspecified atom stereocenters. The van der Waals surface area contributed by atoms with Crippen molar-refractivity contribution in [3.05, 3.63) is 75.2 Å². The van der Waals surface area contributed by atoms with Gasteiger partial charge in [-0.3, -0.25) is 0 Å². The van der Waals surface area contributed by atoms with E-state index in [4.69, 9.17) is 4.74 Å². The van der Waals surface area contributed by atoms with E-state index >= 15 is 0 Å². The molecule has 0 aliphatic rings. The summed E-state index contributed by atoms with van der Waals surface area (Å²) in [4.78, 5) is 21.2. The van der Waals surface area contributed by atoms with Crippen LogP contribution < -0.4 is 0 Å². The molecule has 0 amide bonds. The average molecular weight is 376 g/mol. The molecule has 0 radical (unpaired) electrons. The highest BCUT2D eigenvalue weighted by molar-refractivity contribution is 7.10. The van der Waals surface area contributed by atoms with Gasteiger partial charge in [0.2, 0.25) is 0 Å². The van der Waals surface area contributed by atoms with Crippen molar-refractivity contribution in [2.24, 2.45) is 0 Å². The van der Waals surface area contributed by atoms with E-state index in [0.717, 1.165) is 16.9 Å². The molecule has 136 valence electrons. The van der Waals surface area contributed by atoms with Crippen LogP contribution in [0.5, 0.6) is 0 Å². The van der Waals surface area contributed by atoms with Crippen LogP contribution in [0.25, 0.3) is 22.2 Å². The lowest BCUT2D eigenvalue weighted by Crippen LogP contribution is -2.06. The number of fused-ring (bicyclic) bond motifs is 1. The third kappa shape index (κ3) is 3.38. The number of esters is 1. The van der Waals surface area contributed by atoms with Crippen LogP contribution >= 0.6 is 11.3 Å². The van der Waals surface area contributed by atoms with Crippen LogP contribution in [0, 0.1) is 13.8 Å². The summed E-state index contributed by atoms with van der Waals surface area (Å²) in [6, 6.07) is 14.1. The summed E-state index contributed by atoms with van der Waals surface area (Å²) in [6.07, 6.45) is 0.637. The highest BCUT2D eigenvalue weighted by Gasteiger charge is 2.16. The normalized spacial score (nSPS) is 11.1. The number of carbonyl (C=O) groups is 1. The topological polar surface area (TPSA) is 55.0 Å². The van der Waals surface area contributed by atoms with Crippen LogP contribution in [-0.4, -0.2) is 23.0 Å². The second-order valence-electron chi connectivity index (χ2n) is 6.66. The van der Waals surface area contributed by atoms with Gasteiger partial charge in [-0.25, -0.2) is 9.78 Å². The highest BCUT2D eigenvalue weighted by atomic mass is 32.1. The average Bonchev–Trinajstić information content (AvgIpc) is 3.24. The Morgan fingerprint density at radius 3 is 2.78 bits per heavy atom. The summed E-state index contributed by atoms with van der Waals surface area (Å²) in [6.45, 7) is 4.21. The number of pyridine rings is 1. The summed E-state index contributed by atoms with van der Waals surface area (Å²) in [5.41, 5.74) is 7.00. The number of aromatic nitrogens is 2. The van der Waals surface area contributed by atoms with Crippen molar-refractivity contribution >= 4 is 28.2 Å². The molecule has 4 nitrogen and oxygen atoms in total. The van der Waals surface area contributed by atoms with Gasteiger partial charge in [-0.2, -0.15) is 0 Å². The molecule has 0 saturated heterocycles.